The van der Waals surface area contributed by atoms with E-state index in [-0.39, 0.29) is 63.7 Å². The molecule has 0 radical (unpaired) electrons. The Balaban J connectivity index is 6.00. The second kappa shape index (κ2) is 27.7. The van der Waals surface area contributed by atoms with E-state index >= 15 is 0 Å². The molecule has 0 saturated carbocycles. The van der Waals surface area contributed by atoms with Crippen molar-refractivity contribution >= 4 is 59.2 Å². The normalized spacial score (nSPS) is 14.4. The minimum Gasteiger partial charge on any atom is -0.480 e. The number of nitrogens with two attached hydrogens (primary N) is 5. The Hall–Kier alpha value is -5.82. The molecule has 0 aromatic carbocycles. The van der Waals surface area contributed by atoms with Gasteiger partial charge in [0.15, 0.2) is 11.9 Å². The number of hydrogen-bond donors (Lipinski definition) is 15. The molecule has 7 atom stereocenters. The number of nitrogens with zero attached hydrogens (tertiary/aromatic N) is 2. The second-order valence-electron chi connectivity index (χ2n) is 12.8. The van der Waals surface area contributed by atoms with Crippen LogP contribution in [0, 0.1) is 0 Å². The van der Waals surface area contributed by atoms with Gasteiger partial charge in [-0.2, -0.15) is 0 Å². The van der Waals surface area contributed by atoms with E-state index in [2.05, 4.69) is 47.2 Å². The van der Waals surface area contributed by atoms with Crippen LogP contribution in [0.3, 0.4) is 0 Å². The maximum atomic E-state index is 13.5. The van der Waals surface area contributed by atoms with Gasteiger partial charge < -0.3 is 81.2 Å². The van der Waals surface area contributed by atoms with E-state index in [9.17, 15) is 48.6 Å². The number of rotatable bonds is 28. The van der Waals surface area contributed by atoms with Crippen LogP contribution in [-0.2, 0) is 38.4 Å². The van der Waals surface area contributed by atoms with E-state index in [4.69, 9.17) is 33.8 Å². The van der Waals surface area contributed by atoms with Gasteiger partial charge in [-0.3, -0.25) is 48.3 Å². The lowest BCUT2D eigenvalue weighted by Crippen LogP contribution is -2.60. The monoisotopic (exact) mass is 816 g/mol. The first-order chi connectivity index (χ1) is 26.8. The number of guanidine groups is 2. The lowest BCUT2D eigenvalue weighted by Gasteiger charge is -2.26. The van der Waals surface area contributed by atoms with E-state index < -0.39 is 103 Å². The van der Waals surface area contributed by atoms with Crippen molar-refractivity contribution in [3.63, 3.8) is 0 Å². The van der Waals surface area contributed by atoms with Crippen molar-refractivity contribution < 1.29 is 53.7 Å². The molecule has 25 heteroatoms. The summed E-state index contributed by atoms with van der Waals surface area (Å²) in [5.74, 6) is -7.80. The lowest BCUT2D eigenvalue weighted by atomic mass is 10.1. The average molecular weight is 817 g/mol. The van der Waals surface area contributed by atoms with Crippen molar-refractivity contribution in [2.45, 2.75) is 108 Å². The molecule has 0 rings (SSSR count). The van der Waals surface area contributed by atoms with Crippen molar-refractivity contribution in [2.75, 3.05) is 32.8 Å². The Morgan fingerprint density at radius 1 is 0.509 bits per heavy atom. The summed E-state index contributed by atoms with van der Waals surface area (Å²) < 4.78 is 0. The third kappa shape index (κ3) is 21.8. The molecule has 7 amide bonds. The minimum absolute atomic E-state index is 0.0315. The van der Waals surface area contributed by atoms with E-state index in [0.717, 1.165) is 0 Å². The molecule has 0 aromatic heterocycles. The Kier molecular flexibility index (Phi) is 24.9. The number of amides is 7. The van der Waals surface area contributed by atoms with Gasteiger partial charge in [0.25, 0.3) is 0 Å². The summed E-state index contributed by atoms with van der Waals surface area (Å²) in [7, 11) is 0. The quantitative estimate of drug-likeness (QED) is 0.0198. The van der Waals surface area contributed by atoms with Gasteiger partial charge in [-0.05, 0) is 65.3 Å². The van der Waals surface area contributed by atoms with Gasteiger partial charge >= 0.3 is 5.97 Å². The molecular formula is C32H60N14O11. The number of unbranched alkanes of at least 4 members (excludes halogenated alkanes) is 1. The number of carboxylic acids is 1. The number of nitrogens with one attached hydrogen (secondary N) is 7. The fraction of sp³-hybridized carbons (Fsp3) is 0.688. The minimum atomic E-state index is -1.68. The summed E-state index contributed by atoms with van der Waals surface area (Å²) in [4.78, 5) is 109. The maximum absolute atomic E-state index is 13.5. The van der Waals surface area contributed by atoms with E-state index in [1.807, 2.05) is 0 Å². The SMILES string of the molecule is CC(=O)N[C@@H](CCCN=C(N)N)C(=O)N[C@@H](CO)C(=O)N[C@@H](CCCCN)C(=O)N[C@@H](CO)C(=O)N[C@@H](CCCN=C(N)N)C(=O)N[C@@H](C)C(=O)N[C@@H](C)C(=O)O. The van der Waals surface area contributed by atoms with E-state index in [1.54, 1.807) is 0 Å². The highest BCUT2D eigenvalue weighted by Gasteiger charge is 2.32. The lowest BCUT2D eigenvalue weighted by molar-refractivity contribution is -0.141. The van der Waals surface area contributed by atoms with Gasteiger partial charge in [-0.1, -0.05) is 0 Å². The number of carbonyl (C=O) groups excluding carboxylic acids is 7. The summed E-state index contributed by atoms with van der Waals surface area (Å²) in [6, 6.07) is -9.67. The summed E-state index contributed by atoms with van der Waals surface area (Å²) in [6.07, 6.45) is 1.07. The van der Waals surface area contributed by atoms with Crippen LogP contribution in [0.2, 0.25) is 0 Å². The molecule has 0 aliphatic rings. The number of carboxylic acid groups (broad SMARTS) is 1. The zero-order chi connectivity index (χ0) is 43.7. The molecule has 0 unspecified atom stereocenters. The summed E-state index contributed by atoms with van der Waals surface area (Å²) >= 11 is 0. The molecule has 20 N–H and O–H groups in total. The number of aliphatic hydroxyl groups excluding tert-OH is 2. The first-order valence-corrected chi connectivity index (χ1v) is 18.1. The standard InChI is InChI=1S/C32H60N14O11/c1-16(24(50)41-17(2)30(56)57)40-25(51)21(10-7-13-39-32(36)37)44-29(55)23(15-48)46-27(53)20(8-4-5-11-33)43-28(54)22(14-47)45-26(52)19(42-18(3)49)9-6-12-38-31(34)35/h16-17,19-23,47-48H,4-15,33H2,1-3H3,(H,40,51)(H,41,50)(H,42,49)(H,43,54)(H,44,55)(H,45,52)(H,46,53)(H,56,57)(H4,34,35,38)(H4,36,37,39)/t16-,17-,19-,20-,21-,22-,23-/m0/s1. The molecule has 0 aliphatic carbocycles. The van der Waals surface area contributed by atoms with E-state index in [0.29, 0.717) is 12.8 Å². The first-order valence-electron chi connectivity index (χ1n) is 18.1. The molecule has 0 bridgehead atoms. The number of carbonyl (C=O) groups is 8. The summed E-state index contributed by atoms with van der Waals surface area (Å²) in [5.41, 5.74) is 26.9. The molecule has 0 saturated heterocycles. The third-order valence-electron chi connectivity index (χ3n) is 7.91. The van der Waals surface area contributed by atoms with Crippen LogP contribution in [0.4, 0.5) is 0 Å². The third-order valence-corrected chi connectivity index (χ3v) is 7.91. The molecular weight excluding hydrogens is 756 g/mol. The Bertz CT molecular complexity index is 1420. The maximum Gasteiger partial charge on any atom is 0.325 e. The number of hydrogen-bond acceptors (Lipinski definition) is 13. The second-order valence-corrected chi connectivity index (χ2v) is 12.8. The molecule has 57 heavy (non-hydrogen) atoms. The van der Waals surface area contributed by atoms with Crippen LogP contribution in [-0.4, -0.2) is 150 Å². The van der Waals surface area contributed by atoms with Crippen molar-refractivity contribution in [3.8, 4) is 0 Å². The van der Waals surface area contributed by atoms with Gasteiger partial charge in [-0.25, -0.2) is 0 Å². The zero-order valence-electron chi connectivity index (χ0n) is 32.4. The Morgan fingerprint density at radius 2 is 0.860 bits per heavy atom. The molecule has 0 aliphatic heterocycles. The van der Waals surface area contributed by atoms with Crippen LogP contribution in [0.15, 0.2) is 9.98 Å². The molecule has 0 fully saturated rings. The Labute approximate surface area is 329 Å². The zero-order valence-corrected chi connectivity index (χ0v) is 32.4. The highest BCUT2D eigenvalue weighted by Crippen LogP contribution is 2.06. The molecule has 0 spiro atoms. The van der Waals surface area contributed by atoms with Gasteiger partial charge in [0.2, 0.25) is 41.4 Å². The number of aliphatic carboxylic acids is 1. The molecule has 0 aromatic rings. The van der Waals surface area contributed by atoms with E-state index in [1.165, 1.54) is 20.8 Å². The van der Waals surface area contributed by atoms with Crippen LogP contribution >= 0.6 is 0 Å². The smallest absolute Gasteiger partial charge is 0.325 e. The van der Waals surface area contributed by atoms with Gasteiger partial charge in [0.05, 0.1) is 13.2 Å². The van der Waals surface area contributed by atoms with Crippen molar-refractivity contribution in [2.24, 2.45) is 38.7 Å². The number of aliphatic hydroxyl groups is 2. The van der Waals surface area contributed by atoms with Crippen LogP contribution in [0.1, 0.15) is 65.7 Å². The highest BCUT2D eigenvalue weighted by atomic mass is 16.4. The summed E-state index contributed by atoms with van der Waals surface area (Å²) in [5, 5.41) is 45.6. The molecule has 0 heterocycles. The van der Waals surface area contributed by atoms with Crippen molar-refractivity contribution in [1.29, 1.82) is 0 Å². The van der Waals surface area contributed by atoms with Crippen LogP contribution in [0.25, 0.3) is 0 Å². The van der Waals surface area contributed by atoms with Crippen molar-refractivity contribution in [3.05, 3.63) is 0 Å². The van der Waals surface area contributed by atoms with Crippen LogP contribution < -0.4 is 65.9 Å². The topological polar surface area (TPSA) is 436 Å². The highest BCUT2D eigenvalue weighted by molar-refractivity contribution is 5.97. The van der Waals surface area contributed by atoms with Gasteiger partial charge in [0, 0.05) is 20.0 Å². The first kappa shape index (κ1) is 51.2. The Morgan fingerprint density at radius 3 is 1.23 bits per heavy atom. The van der Waals surface area contributed by atoms with Gasteiger partial charge in [-0.15, -0.1) is 0 Å². The predicted octanol–water partition coefficient (Wildman–Crippen LogP) is -7.25. The van der Waals surface area contributed by atoms with Gasteiger partial charge in [0.1, 0.15) is 42.3 Å². The summed E-state index contributed by atoms with van der Waals surface area (Å²) in [6.45, 7) is 2.20. The van der Waals surface area contributed by atoms with Crippen molar-refractivity contribution in [1.82, 2.24) is 37.2 Å². The average Bonchev–Trinajstić information content (AvgIpc) is 3.13. The number of aliphatic imine (C=N–C) groups is 2. The molecule has 324 valence electrons. The molecule has 25 nitrogen and oxygen atoms in total. The largest absolute Gasteiger partial charge is 0.480 e. The van der Waals surface area contributed by atoms with Crippen LogP contribution in [0.5, 0.6) is 0 Å². The fourth-order valence-electron chi connectivity index (χ4n) is 4.81. The predicted molar refractivity (Wildman–Crippen MR) is 205 cm³/mol. The fourth-order valence-corrected chi connectivity index (χ4v) is 4.81.